The van der Waals surface area contributed by atoms with Crippen LogP contribution in [0, 0.1) is 5.82 Å². The molecule has 0 radical (unpaired) electrons. The highest BCUT2D eigenvalue weighted by molar-refractivity contribution is 7.89. The first-order chi connectivity index (χ1) is 11.5. The normalized spacial score (nSPS) is 15.5. The number of hydrogen-bond acceptors (Lipinski definition) is 6. The van der Waals surface area contributed by atoms with Crippen molar-refractivity contribution >= 4 is 16.0 Å². The lowest BCUT2D eigenvalue weighted by atomic mass is 10.4. The molecule has 9 heteroatoms. The van der Waals surface area contributed by atoms with Gasteiger partial charge in [0.05, 0.1) is 30.3 Å². The summed E-state index contributed by atoms with van der Waals surface area (Å²) in [6.07, 6.45) is 1.59. The van der Waals surface area contributed by atoms with E-state index in [0.29, 0.717) is 37.9 Å². The topological polar surface area (TPSA) is 84.4 Å². The van der Waals surface area contributed by atoms with E-state index in [1.807, 2.05) is 4.90 Å². The van der Waals surface area contributed by atoms with E-state index in [2.05, 4.69) is 14.7 Å². The van der Waals surface area contributed by atoms with E-state index in [0.717, 1.165) is 6.07 Å². The molecule has 0 atom stereocenters. The van der Waals surface area contributed by atoms with Crippen LogP contribution in [0.25, 0.3) is 0 Å². The van der Waals surface area contributed by atoms with Crippen molar-refractivity contribution in [2.45, 2.75) is 11.4 Å². The van der Waals surface area contributed by atoms with E-state index in [-0.39, 0.29) is 11.4 Å². The molecule has 128 valence electrons. The zero-order valence-electron chi connectivity index (χ0n) is 12.9. The summed E-state index contributed by atoms with van der Waals surface area (Å²) in [5.41, 5.74) is 0.534. The van der Waals surface area contributed by atoms with E-state index in [1.54, 1.807) is 12.3 Å². The van der Waals surface area contributed by atoms with Gasteiger partial charge in [0, 0.05) is 19.3 Å². The number of aromatic nitrogens is 2. The van der Waals surface area contributed by atoms with Gasteiger partial charge >= 0.3 is 0 Å². The molecule has 0 spiro atoms. The first-order valence-electron chi connectivity index (χ1n) is 7.44. The molecular formula is C15H17FN4O3S. The van der Waals surface area contributed by atoms with Gasteiger partial charge < -0.3 is 9.64 Å². The van der Waals surface area contributed by atoms with E-state index in [1.165, 1.54) is 18.2 Å². The van der Waals surface area contributed by atoms with Gasteiger partial charge in [-0.3, -0.25) is 0 Å². The second-order valence-electron chi connectivity index (χ2n) is 5.23. The van der Waals surface area contributed by atoms with Gasteiger partial charge in [-0.05, 0) is 24.3 Å². The molecule has 1 N–H and O–H groups in total. The first kappa shape index (κ1) is 16.7. The standard InChI is InChI=1S/C15H17FN4O3S/c16-12-2-1-3-14(10-12)24(21,22)18-11-13-4-5-17-15(19-13)20-6-8-23-9-7-20/h1-5,10,18H,6-9,11H2. The largest absolute Gasteiger partial charge is 0.378 e. The van der Waals surface area contributed by atoms with Crippen molar-refractivity contribution in [3.63, 3.8) is 0 Å². The predicted molar refractivity (Wildman–Crippen MR) is 85.5 cm³/mol. The van der Waals surface area contributed by atoms with Crippen LogP contribution >= 0.6 is 0 Å². The number of ether oxygens (including phenoxy) is 1. The zero-order valence-corrected chi connectivity index (χ0v) is 13.7. The van der Waals surface area contributed by atoms with Gasteiger partial charge in [-0.15, -0.1) is 0 Å². The zero-order chi connectivity index (χ0) is 17.0. The lowest BCUT2D eigenvalue weighted by Gasteiger charge is -2.26. The molecule has 24 heavy (non-hydrogen) atoms. The van der Waals surface area contributed by atoms with Crippen molar-refractivity contribution in [3.8, 4) is 0 Å². The minimum atomic E-state index is -3.80. The molecule has 1 aliphatic heterocycles. The van der Waals surface area contributed by atoms with Gasteiger partial charge in [-0.1, -0.05) is 6.07 Å². The summed E-state index contributed by atoms with van der Waals surface area (Å²) < 4.78 is 45.3. The minimum Gasteiger partial charge on any atom is -0.378 e. The van der Waals surface area contributed by atoms with Crippen LogP contribution in [0.4, 0.5) is 10.3 Å². The fourth-order valence-electron chi connectivity index (χ4n) is 2.29. The quantitative estimate of drug-likeness (QED) is 0.862. The lowest BCUT2D eigenvalue weighted by Crippen LogP contribution is -2.37. The smallest absolute Gasteiger partial charge is 0.241 e. The summed E-state index contributed by atoms with van der Waals surface area (Å²) in [6, 6.07) is 6.49. The summed E-state index contributed by atoms with van der Waals surface area (Å²) >= 11 is 0. The first-order valence-corrected chi connectivity index (χ1v) is 8.93. The fraction of sp³-hybridized carbons (Fsp3) is 0.333. The minimum absolute atomic E-state index is 0.00128. The van der Waals surface area contributed by atoms with Crippen molar-refractivity contribution in [2.24, 2.45) is 0 Å². The van der Waals surface area contributed by atoms with Crippen molar-refractivity contribution in [1.29, 1.82) is 0 Å². The maximum Gasteiger partial charge on any atom is 0.241 e. The number of nitrogens with one attached hydrogen (secondary N) is 1. The lowest BCUT2D eigenvalue weighted by molar-refractivity contribution is 0.122. The molecule has 1 aromatic heterocycles. The fourth-order valence-corrected chi connectivity index (χ4v) is 3.32. The molecule has 1 aliphatic rings. The molecule has 7 nitrogen and oxygen atoms in total. The number of halogens is 1. The SMILES string of the molecule is O=S(=O)(NCc1ccnc(N2CCOCC2)n1)c1cccc(F)c1. The Hall–Kier alpha value is -2.10. The second-order valence-corrected chi connectivity index (χ2v) is 7.00. The maximum absolute atomic E-state index is 13.2. The number of nitrogens with zero attached hydrogens (tertiary/aromatic N) is 3. The van der Waals surface area contributed by atoms with E-state index in [4.69, 9.17) is 4.74 Å². The van der Waals surface area contributed by atoms with Crippen molar-refractivity contribution in [2.75, 3.05) is 31.2 Å². The number of sulfonamides is 1. The van der Waals surface area contributed by atoms with Crippen LogP contribution in [0.15, 0.2) is 41.4 Å². The van der Waals surface area contributed by atoms with E-state index >= 15 is 0 Å². The average molecular weight is 352 g/mol. The Bertz CT molecular complexity index is 810. The monoisotopic (exact) mass is 352 g/mol. The van der Waals surface area contributed by atoms with Crippen molar-refractivity contribution in [1.82, 2.24) is 14.7 Å². The Morgan fingerprint density at radius 1 is 1.25 bits per heavy atom. The Kier molecular flexibility index (Phi) is 5.03. The molecule has 0 bridgehead atoms. The van der Waals surface area contributed by atoms with E-state index < -0.39 is 15.8 Å². The number of hydrogen-bond donors (Lipinski definition) is 1. The molecule has 0 aliphatic carbocycles. The molecule has 1 saturated heterocycles. The van der Waals surface area contributed by atoms with Crippen LogP contribution < -0.4 is 9.62 Å². The van der Waals surface area contributed by atoms with Gasteiger partial charge in [-0.2, -0.15) is 0 Å². The average Bonchev–Trinajstić information content (AvgIpc) is 2.61. The van der Waals surface area contributed by atoms with Gasteiger partial charge in [0.15, 0.2) is 0 Å². The van der Waals surface area contributed by atoms with Crippen LogP contribution in [0.5, 0.6) is 0 Å². The summed E-state index contributed by atoms with van der Waals surface area (Å²) in [5.74, 6) is -0.0599. The summed E-state index contributed by atoms with van der Waals surface area (Å²) in [6.45, 7) is 2.61. The van der Waals surface area contributed by atoms with E-state index in [9.17, 15) is 12.8 Å². The van der Waals surface area contributed by atoms with Crippen LogP contribution in [-0.2, 0) is 21.3 Å². The Labute approximate surface area is 139 Å². The highest BCUT2D eigenvalue weighted by atomic mass is 32.2. The molecule has 2 heterocycles. The number of morpholine rings is 1. The predicted octanol–water partition coefficient (Wildman–Crippen LogP) is 0.931. The molecule has 0 unspecified atom stereocenters. The molecular weight excluding hydrogens is 335 g/mol. The molecule has 2 aromatic rings. The number of benzene rings is 1. The Morgan fingerprint density at radius 3 is 2.79 bits per heavy atom. The second kappa shape index (κ2) is 7.20. The third kappa shape index (κ3) is 4.05. The van der Waals surface area contributed by atoms with Crippen molar-refractivity contribution in [3.05, 3.63) is 48.0 Å². The Morgan fingerprint density at radius 2 is 2.04 bits per heavy atom. The summed E-state index contributed by atoms with van der Waals surface area (Å²) in [4.78, 5) is 10.4. The van der Waals surface area contributed by atoms with Gasteiger partial charge in [0.25, 0.3) is 0 Å². The summed E-state index contributed by atoms with van der Waals surface area (Å²) in [5, 5.41) is 0. The van der Waals surface area contributed by atoms with Crippen LogP contribution in [0.3, 0.4) is 0 Å². The highest BCUT2D eigenvalue weighted by Crippen LogP contribution is 2.12. The molecule has 1 fully saturated rings. The summed E-state index contributed by atoms with van der Waals surface area (Å²) in [7, 11) is -3.80. The third-order valence-corrected chi connectivity index (χ3v) is 4.94. The molecule has 3 rings (SSSR count). The van der Waals surface area contributed by atoms with Gasteiger partial charge in [-0.25, -0.2) is 27.5 Å². The number of anilines is 1. The highest BCUT2D eigenvalue weighted by Gasteiger charge is 2.16. The molecule has 0 amide bonds. The third-order valence-electron chi connectivity index (χ3n) is 3.54. The molecule has 1 aromatic carbocycles. The Balaban J connectivity index is 1.70. The van der Waals surface area contributed by atoms with Gasteiger partial charge in [0.2, 0.25) is 16.0 Å². The van der Waals surface area contributed by atoms with Gasteiger partial charge in [0.1, 0.15) is 5.82 Å². The number of rotatable bonds is 5. The molecule has 0 saturated carbocycles. The van der Waals surface area contributed by atoms with Crippen LogP contribution in [0.2, 0.25) is 0 Å². The maximum atomic E-state index is 13.2. The van der Waals surface area contributed by atoms with Crippen molar-refractivity contribution < 1.29 is 17.5 Å². The van der Waals surface area contributed by atoms with Crippen LogP contribution in [-0.4, -0.2) is 44.7 Å². The van der Waals surface area contributed by atoms with Crippen LogP contribution in [0.1, 0.15) is 5.69 Å².